The highest BCUT2D eigenvalue weighted by Crippen LogP contribution is 2.70. The van der Waals surface area contributed by atoms with E-state index in [-0.39, 0.29) is 41.3 Å². The van der Waals surface area contributed by atoms with Crippen molar-refractivity contribution in [1.29, 1.82) is 0 Å². The van der Waals surface area contributed by atoms with Gasteiger partial charge in [0.05, 0.1) is 31.5 Å². The van der Waals surface area contributed by atoms with Crippen LogP contribution in [0.5, 0.6) is 0 Å². The SMILES string of the molecule is C[C@@H](CC[C@]1(O)O[C@H]2C[C@@H]3[C@@H]4CC[C@@H]5C[C@H](O)[C@@H](O)C[C@]5(C)[C@H]4CC[C@]3(C)[C@H]2[C@@H]1C)CO[C@@H]1O[C@H](CO)[C@@H](O)[C@H](O)[C@H]1O. The average Bonchev–Trinajstić information content (AvgIpc) is 3.40. The van der Waals surface area contributed by atoms with Gasteiger partial charge in [0.25, 0.3) is 0 Å². The van der Waals surface area contributed by atoms with E-state index >= 15 is 0 Å². The van der Waals surface area contributed by atoms with Crippen LogP contribution in [-0.2, 0) is 14.2 Å². The third kappa shape index (κ3) is 5.24. The molecule has 6 fully saturated rings. The molecule has 2 saturated heterocycles. The molecule has 0 radical (unpaired) electrons. The summed E-state index contributed by atoms with van der Waals surface area (Å²) in [5, 5.41) is 72.5. The largest absolute Gasteiger partial charge is 0.394 e. The quantitative estimate of drug-likeness (QED) is 0.224. The molecule has 0 aromatic heterocycles. The van der Waals surface area contributed by atoms with E-state index in [4.69, 9.17) is 14.2 Å². The van der Waals surface area contributed by atoms with Crippen LogP contribution in [0.1, 0.15) is 85.5 Å². The second-order valence-corrected chi connectivity index (χ2v) is 16.0. The Hall–Kier alpha value is -0.400. The Morgan fingerprint density at radius 2 is 1.65 bits per heavy atom. The van der Waals surface area contributed by atoms with E-state index < -0.39 is 55.3 Å². The van der Waals surface area contributed by atoms with Crippen molar-refractivity contribution in [1.82, 2.24) is 0 Å². The number of aliphatic hydroxyl groups excluding tert-OH is 6. The Labute approximate surface area is 255 Å². The van der Waals surface area contributed by atoms with Crippen molar-refractivity contribution in [2.24, 2.45) is 52.3 Å². The molecule has 4 saturated carbocycles. The van der Waals surface area contributed by atoms with Crippen LogP contribution in [0.25, 0.3) is 0 Å². The predicted molar refractivity (Wildman–Crippen MR) is 155 cm³/mol. The molecule has 0 amide bonds. The molecular formula is C33H56O10. The maximum absolute atomic E-state index is 11.8. The first-order chi connectivity index (χ1) is 20.2. The van der Waals surface area contributed by atoms with E-state index in [0.717, 1.165) is 25.7 Å². The summed E-state index contributed by atoms with van der Waals surface area (Å²) in [4.78, 5) is 0. The van der Waals surface area contributed by atoms with Crippen LogP contribution in [0.15, 0.2) is 0 Å². The molecule has 0 bridgehead atoms. The third-order valence-electron chi connectivity index (χ3n) is 13.8. The maximum Gasteiger partial charge on any atom is 0.186 e. The monoisotopic (exact) mass is 612 g/mol. The first-order valence-corrected chi connectivity index (χ1v) is 16.9. The van der Waals surface area contributed by atoms with E-state index in [1.54, 1.807) is 0 Å². The minimum atomic E-state index is -1.47. The smallest absolute Gasteiger partial charge is 0.186 e. The summed E-state index contributed by atoms with van der Waals surface area (Å²) in [5.41, 5.74) is 0.172. The van der Waals surface area contributed by atoms with Gasteiger partial charge in [0.1, 0.15) is 24.4 Å². The van der Waals surface area contributed by atoms with Gasteiger partial charge in [-0.2, -0.15) is 0 Å². The van der Waals surface area contributed by atoms with Crippen LogP contribution >= 0.6 is 0 Å². The molecule has 18 atom stereocenters. The van der Waals surface area contributed by atoms with E-state index in [2.05, 4.69) is 20.8 Å². The van der Waals surface area contributed by atoms with Crippen LogP contribution in [0.3, 0.4) is 0 Å². The molecule has 10 heteroatoms. The number of rotatable bonds is 7. The first kappa shape index (κ1) is 32.5. The lowest BCUT2D eigenvalue weighted by atomic mass is 9.44. The molecule has 0 unspecified atom stereocenters. The highest BCUT2D eigenvalue weighted by atomic mass is 16.7. The van der Waals surface area contributed by atoms with Crippen molar-refractivity contribution in [2.75, 3.05) is 13.2 Å². The zero-order valence-corrected chi connectivity index (χ0v) is 26.3. The molecule has 4 aliphatic carbocycles. The predicted octanol–water partition coefficient (Wildman–Crippen LogP) is 1.54. The van der Waals surface area contributed by atoms with Crippen LogP contribution in [-0.4, -0.2) is 104 Å². The van der Waals surface area contributed by atoms with Gasteiger partial charge < -0.3 is 50.0 Å². The van der Waals surface area contributed by atoms with Gasteiger partial charge in [0.15, 0.2) is 12.1 Å². The van der Waals surface area contributed by atoms with E-state index in [0.29, 0.717) is 49.4 Å². The van der Waals surface area contributed by atoms with Crippen molar-refractivity contribution < 1.29 is 50.0 Å². The molecule has 43 heavy (non-hydrogen) atoms. The van der Waals surface area contributed by atoms with Crippen molar-refractivity contribution in [3.05, 3.63) is 0 Å². The molecule has 2 heterocycles. The number of ether oxygens (including phenoxy) is 3. The number of hydrogen-bond acceptors (Lipinski definition) is 10. The summed E-state index contributed by atoms with van der Waals surface area (Å²) in [6.07, 6.45) is 0.335. The summed E-state index contributed by atoms with van der Waals surface area (Å²) >= 11 is 0. The highest BCUT2D eigenvalue weighted by molar-refractivity contribution is 5.15. The normalized spacial score (nSPS) is 57.0. The zero-order valence-electron chi connectivity index (χ0n) is 26.3. The molecule has 2 aliphatic heterocycles. The lowest BCUT2D eigenvalue weighted by molar-refractivity contribution is -0.303. The summed E-state index contributed by atoms with van der Waals surface area (Å²) < 4.78 is 17.8. The minimum Gasteiger partial charge on any atom is -0.394 e. The lowest BCUT2D eigenvalue weighted by Gasteiger charge is -2.61. The molecule has 6 aliphatic rings. The van der Waals surface area contributed by atoms with Gasteiger partial charge in [-0.1, -0.05) is 27.7 Å². The molecule has 0 spiro atoms. The van der Waals surface area contributed by atoms with Crippen molar-refractivity contribution in [2.45, 2.75) is 140 Å². The Balaban J connectivity index is 1.06. The fourth-order valence-corrected chi connectivity index (χ4v) is 11.3. The minimum absolute atomic E-state index is 0.00620. The van der Waals surface area contributed by atoms with Gasteiger partial charge in [-0.3, -0.25) is 0 Å². The Kier molecular flexibility index (Phi) is 8.84. The van der Waals surface area contributed by atoms with Crippen molar-refractivity contribution >= 4 is 0 Å². The summed E-state index contributed by atoms with van der Waals surface area (Å²) in [5.74, 6) is 1.23. The fourth-order valence-electron chi connectivity index (χ4n) is 11.3. The summed E-state index contributed by atoms with van der Waals surface area (Å²) in [7, 11) is 0. The van der Waals surface area contributed by atoms with Gasteiger partial charge in [-0.15, -0.1) is 0 Å². The Morgan fingerprint density at radius 1 is 0.907 bits per heavy atom. The molecule has 0 aromatic rings. The fraction of sp³-hybridized carbons (Fsp3) is 1.00. The van der Waals surface area contributed by atoms with Crippen LogP contribution < -0.4 is 0 Å². The van der Waals surface area contributed by atoms with E-state index in [1.807, 2.05) is 6.92 Å². The molecule has 6 rings (SSSR count). The summed E-state index contributed by atoms with van der Waals surface area (Å²) in [6.45, 7) is 8.67. The standard InChI is InChI=1S/C33H56O10/c1-16(15-41-30-29(39)28(38)27(37)25(14-34)42-30)7-10-33(40)17(2)26-24(43-33)12-21-19-6-5-18-11-22(35)23(36)13-32(18,4)20(19)8-9-31(21,26)3/h16-30,34-40H,5-15H2,1-4H3/t16-,17-,18+,19+,20-,21+,22-,23-,24-,25+,26-,27+,28-,29+,30+,31-,32-,33-/m0/s1. The zero-order chi connectivity index (χ0) is 31.1. The second kappa shape index (κ2) is 11.7. The van der Waals surface area contributed by atoms with Crippen LogP contribution in [0.4, 0.5) is 0 Å². The number of fused-ring (bicyclic) bond motifs is 7. The Bertz CT molecular complexity index is 997. The topological polar surface area (TPSA) is 169 Å². The maximum atomic E-state index is 11.8. The van der Waals surface area contributed by atoms with E-state index in [1.165, 1.54) is 6.42 Å². The van der Waals surface area contributed by atoms with Gasteiger partial charge >= 0.3 is 0 Å². The van der Waals surface area contributed by atoms with Gasteiger partial charge in [-0.25, -0.2) is 0 Å². The molecule has 7 N–H and O–H groups in total. The van der Waals surface area contributed by atoms with Crippen molar-refractivity contribution in [3.8, 4) is 0 Å². The van der Waals surface area contributed by atoms with Gasteiger partial charge in [-0.05, 0) is 97.7 Å². The molecule has 248 valence electrons. The van der Waals surface area contributed by atoms with E-state index in [9.17, 15) is 35.7 Å². The van der Waals surface area contributed by atoms with Crippen molar-refractivity contribution in [3.63, 3.8) is 0 Å². The lowest BCUT2D eigenvalue weighted by Crippen LogP contribution is -2.59. The molecule has 10 nitrogen and oxygen atoms in total. The van der Waals surface area contributed by atoms with Gasteiger partial charge in [0.2, 0.25) is 0 Å². The van der Waals surface area contributed by atoms with Crippen LogP contribution in [0, 0.1) is 52.3 Å². The second-order valence-electron chi connectivity index (χ2n) is 16.0. The third-order valence-corrected chi connectivity index (χ3v) is 13.8. The number of aliphatic hydroxyl groups is 7. The van der Waals surface area contributed by atoms with Gasteiger partial charge in [0, 0.05) is 12.3 Å². The molecular weight excluding hydrogens is 556 g/mol. The first-order valence-electron chi connectivity index (χ1n) is 16.9. The van der Waals surface area contributed by atoms with Crippen LogP contribution in [0.2, 0.25) is 0 Å². The average molecular weight is 613 g/mol. The highest BCUT2D eigenvalue weighted by Gasteiger charge is 2.68. The Morgan fingerprint density at radius 3 is 2.37 bits per heavy atom. The summed E-state index contributed by atoms with van der Waals surface area (Å²) in [6, 6.07) is 0. The number of hydrogen-bond donors (Lipinski definition) is 7. The molecule has 0 aromatic carbocycles.